The molecule has 0 radical (unpaired) electrons. The second kappa shape index (κ2) is 6.31. The highest BCUT2D eigenvalue weighted by molar-refractivity contribution is 6.39. The minimum atomic E-state index is -0.129. The van der Waals surface area contributed by atoms with Crippen LogP contribution in [0.25, 0.3) is 11.0 Å². The van der Waals surface area contributed by atoms with Gasteiger partial charge in [0.25, 0.3) is 5.91 Å². The number of amides is 2. The molecule has 1 saturated heterocycles. The zero-order valence-electron chi connectivity index (χ0n) is 14.2. The number of rotatable bonds is 2. The maximum atomic E-state index is 12.5. The van der Waals surface area contributed by atoms with E-state index in [0.29, 0.717) is 37.6 Å². The number of piperidine rings is 1. The highest BCUT2D eigenvalue weighted by atomic mass is 16.2. The van der Waals surface area contributed by atoms with E-state index in [9.17, 15) is 9.59 Å². The number of carbonyl (C=O) groups is 2. The number of benzene rings is 1. The van der Waals surface area contributed by atoms with Crippen LogP contribution in [0.3, 0.4) is 0 Å². The maximum Gasteiger partial charge on any atom is 0.270 e. The SMILES string of the molecule is Cc1ccc2nc(C3CCN(C(=O)C4=NNC(=O)CC4)CC3)[nH]c2c1. The Balaban J connectivity index is 1.42. The summed E-state index contributed by atoms with van der Waals surface area (Å²) < 4.78 is 0. The standard InChI is InChI=1S/C18H21N5O2/c1-11-2-3-13-15(10-11)20-17(19-13)12-6-8-23(9-7-12)18(25)14-4-5-16(24)22-21-14/h2-3,10,12H,4-9H2,1H3,(H,19,20)(H,22,24). The number of aromatic amines is 1. The van der Waals surface area contributed by atoms with Crippen molar-refractivity contribution in [3.05, 3.63) is 29.6 Å². The summed E-state index contributed by atoms with van der Waals surface area (Å²) >= 11 is 0. The quantitative estimate of drug-likeness (QED) is 0.875. The van der Waals surface area contributed by atoms with Gasteiger partial charge in [-0.1, -0.05) is 6.07 Å². The molecule has 0 atom stereocenters. The number of nitrogens with one attached hydrogen (secondary N) is 2. The highest BCUT2D eigenvalue weighted by Crippen LogP contribution is 2.28. The van der Waals surface area contributed by atoms with Crippen molar-refractivity contribution in [2.45, 2.75) is 38.5 Å². The van der Waals surface area contributed by atoms with Gasteiger partial charge < -0.3 is 9.88 Å². The van der Waals surface area contributed by atoms with Gasteiger partial charge in [0.1, 0.15) is 11.5 Å². The molecule has 0 aliphatic carbocycles. The van der Waals surface area contributed by atoms with Crippen molar-refractivity contribution in [1.82, 2.24) is 20.3 Å². The van der Waals surface area contributed by atoms with Crippen molar-refractivity contribution in [2.75, 3.05) is 13.1 Å². The average molecular weight is 339 g/mol. The van der Waals surface area contributed by atoms with E-state index in [-0.39, 0.29) is 11.8 Å². The molecule has 1 aromatic heterocycles. The predicted octanol–water partition coefficient (Wildman–Crippen LogP) is 1.84. The van der Waals surface area contributed by atoms with Crippen molar-refractivity contribution >= 4 is 28.6 Å². The third kappa shape index (κ3) is 3.14. The van der Waals surface area contributed by atoms with Crippen molar-refractivity contribution in [3.8, 4) is 0 Å². The van der Waals surface area contributed by atoms with Crippen LogP contribution in [0.5, 0.6) is 0 Å². The fraction of sp³-hybridized carbons (Fsp3) is 0.444. The number of hydrogen-bond acceptors (Lipinski definition) is 4. The zero-order chi connectivity index (χ0) is 17.4. The molecule has 130 valence electrons. The summed E-state index contributed by atoms with van der Waals surface area (Å²) in [6.07, 6.45) is 2.52. The number of aromatic nitrogens is 2. The summed E-state index contributed by atoms with van der Waals surface area (Å²) in [4.78, 5) is 33.6. The topological polar surface area (TPSA) is 90.4 Å². The summed E-state index contributed by atoms with van der Waals surface area (Å²) in [6, 6.07) is 6.22. The molecule has 7 nitrogen and oxygen atoms in total. The third-order valence-electron chi connectivity index (χ3n) is 4.98. The first-order chi connectivity index (χ1) is 12.1. The van der Waals surface area contributed by atoms with Crippen LogP contribution in [0.1, 0.15) is 43.0 Å². The van der Waals surface area contributed by atoms with E-state index in [1.807, 2.05) is 11.0 Å². The average Bonchev–Trinajstić information content (AvgIpc) is 3.05. The van der Waals surface area contributed by atoms with E-state index >= 15 is 0 Å². The molecule has 2 aliphatic rings. The summed E-state index contributed by atoms with van der Waals surface area (Å²) in [5.74, 6) is 1.16. The van der Waals surface area contributed by atoms with Crippen LogP contribution in [0.15, 0.2) is 23.3 Å². The number of carbonyl (C=O) groups excluding carboxylic acids is 2. The van der Waals surface area contributed by atoms with Gasteiger partial charge in [0.05, 0.1) is 11.0 Å². The molecule has 3 heterocycles. The van der Waals surface area contributed by atoms with E-state index in [1.54, 1.807) is 0 Å². The van der Waals surface area contributed by atoms with Crippen molar-refractivity contribution in [3.63, 3.8) is 0 Å². The van der Waals surface area contributed by atoms with E-state index in [2.05, 4.69) is 34.6 Å². The number of H-pyrrole nitrogens is 1. The Labute approximate surface area is 145 Å². The lowest BCUT2D eigenvalue weighted by molar-refractivity contribution is -0.125. The monoisotopic (exact) mass is 339 g/mol. The minimum Gasteiger partial charge on any atom is -0.342 e. The Hall–Kier alpha value is -2.70. The molecule has 0 saturated carbocycles. The van der Waals surface area contributed by atoms with Gasteiger partial charge in [0.2, 0.25) is 5.91 Å². The molecule has 0 unspecified atom stereocenters. The van der Waals surface area contributed by atoms with Gasteiger partial charge in [-0.15, -0.1) is 0 Å². The maximum absolute atomic E-state index is 12.5. The molecule has 2 aromatic rings. The number of hydrogen-bond donors (Lipinski definition) is 2. The molecule has 7 heteroatoms. The summed E-state index contributed by atoms with van der Waals surface area (Å²) in [6.45, 7) is 3.44. The Kier molecular flexibility index (Phi) is 3.99. The zero-order valence-corrected chi connectivity index (χ0v) is 14.2. The molecule has 2 N–H and O–H groups in total. The Morgan fingerprint density at radius 2 is 2.04 bits per heavy atom. The van der Waals surface area contributed by atoms with Crippen LogP contribution in [0.2, 0.25) is 0 Å². The molecule has 1 aromatic carbocycles. The largest absolute Gasteiger partial charge is 0.342 e. The second-order valence-corrected chi connectivity index (χ2v) is 6.80. The van der Waals surface area contributed by atoms with Crippen molar-refractivity contribution in [2.24, 2.45) is 5.10 Å². The van der Waals surface area contributed by atoms with Crippen LogP contribution < -0.4 is 5.43 Å². The van der Waals surface area contributed by atoms with Crippen LogP contribution in [-0.4, -0.2) is 45.5 Å². The predicted molar refractivity (Wildman–Crippen MR) is 94.2 cm³/mol. The van der Waals surface area contributed by atoms with Crippen LogP contribution >= 0.6 is 0 Å². The molecule has 1 fully saturated rings. The lowest BCUT2D eigenvalue weighted by Gasteiger charge is -2.31. The van der Waals surface area contributed by atoms with E-state index in [4.69, 9.17) is 4.98 Å². The Morgan fingerprint density at radius 1 is 1.24 bits per heavy atom. The molecule has 2 aliphatic heterocycles. The van der Waals surface area contributed by atoms with Crippen LogP contribution in [0, 0.1) is 6.92 Å². The summed E-state index contributed by atoms with van der Waals surface area (Å²) in [7, 11) is 0. The van der Waals surface area contributed by atoms with Gasteiger partial charge in [-0.05, 0) is 37.5 Å². The fourth-order valence-corrected chi connectivity index (χ4v) is 3.50. The molecule has 2 amide bonds. The number of likely N-dealkylation sites (tertiary alicyclic amines) is 1. The van der Waals surface area contributed by atoms with Gasteiger partial charge in [0.15, 0.2) is 0 Å². The first-order valence-electron chi connectivity index (χ1n) is 8.71. The summed E-state index contributed by atoms with van der Waals surface area (Å²) in [5.41, 5.74) is 6.12. The number of fused-ring (bicyclic) bond motifs is 1. The van der Waals surface area contributed by atoms with E-state index in [1.165, 1.54) is 5.56 Å². The van der Waals surface area contributed by atoms with Crippen molar-refractivity contribution in [1.29, 1.82) is 0 Å². The minimum absolute atomic E-state index is 0.0568. The number of hydrazone groups is 1. The number of aryl methyl sites for hydroxylation is 1. The second-order valence-electron chi connectivity index (χ2n) is 6.80. The fourth-order valence-electron chi connectivity index (χ4n) is 3.50. The Morgan fingerprint density at radius 3 is 2.76 bits per heavy atom. The van der Waals surface area contributed by atoms with Gasteiger partial charge >= 0.3 is 0 Å². The van der Waals surface area contributed by atoms with E-state index < -0.39 is 0 Å². The lowest BCUT2D eigenvalue weighted by Crippen LogP contribution is -2.43. The lowest BCUT2D eigenvalue weighted by atomic mass is 9.95. The normalized spacial score (nSPS) is 19.0. The van der Waals surface area contributed by atoms with Crippen molar-refractivity contribution < 1.29 is 9.59 Å². The van der Waals surface area contributed by atoms with E-state index in [0.717, 1.165) is 29.7 Å². The molecular weight excluding hydrogens is 318 g/mol. The first kappa shape index (κ1) is 15.8. The van der Waals surface area contributed by atoms with Gasteiger partial charge in [-0.2, -0.15) is 5.10 Å². The van der Waals surface area contributed by atoms with Gasteiger partial charge in [-0.3, -0.25) is 9.59 Å². The van der Waals surface area contributed by atoms with Crippen LogP contribution in [0.4, 0.5) is 0 Å². The smallest absolute Gasteiger partial charge is 0.270 e. The van der Waals surface area contributed by atoms with Crippen LogP contribution in [-0.2, 0) is 9.59 Å². The number of nitrogens with zero attached hydrogens (tertiary/aromatic N) is 3. The molecule has 25 heavy (non-hydrogen) atoms. The molecule has 0 bridgehead atoms. The Bertz CT molecular complexity index is 861. The molecule has 4 rings (SSSR count). The highest BCUT2D eigenvalue weighted by Gasteiger charge is 2.29. The first-order valence-corrected chi connectivity index (χ1v) is 8.71. The molecular formula is C18H21N5O2. The summed E-state index contributed by atoms with van der Waals surface area (Å²) in [5, 5.41) is 3.91. The molecule has 0 spiro atoms. The third-order valence-corrected chi connectivity index (χ3v) is 4.98. The number of imidazole rings is 1. The van der Waals surface area contributed by atoms with Gasteiger partial charge in [0, 0.05) is 31.8 Å². The van der Waals surface area contributed by atoms with Gasteiger partial charge in [-0.25, -0.2) is 10.4 Å².